The minimum Gasteiger partial charge on any atom is -0.337 e. The first kappa shape index (κ1) is 10.8. The zero-order valence-corrected chi connectivity index (χ0v) is 9.73. The Hall–Kier alpha value is -2.31. The minimum atomic E-state index is -0.0508. The number of nitrogens with zero attached hydrogens (tertiary/aromatic N) is 6. The Labute approximate surface area is 103 Å². The van der Waals surface area contributed by atoms with Crippen molar-refractivity contribution in [3.05, 3.63) is 30.5 Å². The van der Waals surface area contributed by atoms with Crippen molar-refractivity contribution < 1.29 is 4.79 Å². The smallest absolute Gasteiger partial charge is 0.274 e. The molecule has 0 radical (unpaired) electrons. The highest BCUT2D eigenvalue weighted by Gasteiger charge is 2.20. The molecule has 2 aromatic heterocycles. The van der Waals surface area contributed by atoms with E-state index < -0.39 is 0 Å². The van der Waals surface area contributed by atoms with Gasteiger partial charge in [-0.1, -0.05) is 0 Å². The number of rotatable bonds is 2. The Morgan fingerprint density at radius 1 is 1.17 bits per heavy atom. The van der Waals surface area contributed by atoms with Crippen molar-refractivity contribution in [2.75, 3.05) is 13.1 Å². The van der Waals surface area contributed by atoms with E-state index in [-0.39, 0.29) is 5.91 Å². The molecule has 0 unspecified atom stereocenters. The first-order chi connectivity index (χ1) is 8.84. The molecule has 1 fully saturated rings. The van der Waals surface area contributed by atoms with Gasteiger partial charge < -0.3 is 4.90 Å². The highest BCUT2D eigenvalue weighted by atomic mass is 16.2. The van der Waals surface area contributed by atoms with Crippen LogP contribution in [-0.4, -0.2) is 48.9 Å². The van der Waals surface area contributed by atoms with E-state index in [1.807, 2.05) is 0 Å². The van der Waals surface area contributed by atoms with Crippen LogP contribution >= 0.6 is 0 Å². The van der Waals surface area contributed by atoms with Crippen molar-refractivity contribution in [1.82, 2.24) is 29.9 Å². The van der Waals surface area contributed by atoms with Crippen molar-refractivity contribution in [3.8, 4) is 5.82 Å². The molecule has 3 heterocycles. The lowest BCUT2D eigenvalue weighted by molar-refractivity contribution is 0.0786. The SMILES string of the molecule is O=C(c1ccc(-n2cncn2)nn1)N1CCCC1. The van der Waals surface area contributed by atoms with Gasteiger partial charge in [-0.05, 0) is 25.0 Å². The highest BCUT2D eigenvalue weighted by Crippen LogP contribution is 2.11. The van der Waals surface area contributed by atoms with Crippen LogP contribution in [0.4, 0.5) is 0 Å². The van der Waals surface area contributed by atoms with E-state index in [1.165, 1.54) is 17.3 Å². The molecule has 0 aliphatic carbocycles. The van der Waals surface area contributed by atoms with Crippen LogP contribution in [0.3, 0.4) is 0 Å². The fraction of sp³-hybridized carbons (Fsp3) is 0.364. The fourth-order valence-corrected chi connectivity index (χ4v) is 1.97. The number of hydrogen-bond acceptors (Lipinski definition) is 5. The molecule has 18 heavy (non-hydrogen) atoms. The van der Waals surface area contributed by atoms with Gasteiger partial charge in [-0.3, -0.25) is 4.79 Å². The Balaban J connectivity index is 1.80. The quantitative estimate of drug-likeness (QED) is 0.759. The summed E-state index contributed by atoms with van der Waals surface area (Å²) in [5.74, 6) is 0.496. The van der Waals surface area contributed by atoms with Crippen molar-refractivity contribution in [3.63, 3.8) is 0 Å². The van der Waals surface area contributed by atoms with Gasteiger partial charge in [0.1, 0.15) is 12.7 Å². The number of carbonyl (C=O) groups excluding carboxylic acids is 1. The second kappa shape index (κ2) is 4.52. The molecule has 1 saturated heterocycles. The number of aromatic nitrogens is 5. The average Bonchev–Trinajstić information content (AvgIpc) is 3.11. The molecular weight excluding hydrogens is 232 g/mol. The van der Waals surface area contributed by atoms with Crippen LogP contribution in [0.2, 0.25) is 0 Å². The van der Waals surface area contributed by atoms with Crippen LogP contribution in [0.1, 0.15) is 23.3 Å². The van der Waals surface area contributed by atoms with Gasteiger partial charge in [-0.15, -0.1) is 10.2 Å². The highest BCUT2D eigenvalue weighted by molar-refractivity contribution is 5.92. The Morgan fingerprint density at radius 3 is 2.61 bits per heavy atom. The second-order valence-corrected chi connectivity index (χ2v) is 4.12. The van der Waals surface area contributed by atoms with Crippen molar-refractivity contribution in [1.29, 1.82) is 0 Å². The Bertz CT molecular complexity index is 529. The van der Waals surface area contributed by atoms with Gasteiger partial charge >= 0.3 is 0 Å². The maximum atomic E-state index is 12.0. The first-order valence-corrected chi connectivity index (χ1v) is 5.82. The second-order valence-electron chi connectivity index (χ2n) is 4.12. The fourth-order valence-electron chi connectivity index (χ4n) is 1.97. The Morgan fingerprint density at radius 2 is 2.00 bits per heavy atom. The maximum Gasteiger partial charge on any atom is 0.274 e. The molecule has 7 nitrogen and oxygen atoms in total. The van der Waals surface area contributed by atoms with Crippen LogP contribution in [0.25, 0.3) is 5.82 Å². The summed E-state index contributed by atoms with van der Waals surface area (Å²) in [5, 5.41) is 11.9. The van der Waals surface area contributed by atoms with E-state index in [1.54, 1.807) is 17.0 Å². The lowest BCUT2D eigenvalue weighted by atomic mass is 10.3. The van der Waals surface area contributed by atoms with Crippen molar-refractivity contribution in [2.24, 2.45) is 0 Å². The lowest BCUT2D eigenvalue weighted by Crippen LogP contribution is -2.28. The van der Waals surface area contributed by atoms with Gasteiger partial charge in [0.2, 0.25) is 0 Å². The molecular formula is C11H12N6O. The summed E-state index contributed by atoms with van der Waals surface area (Å²) in [6.45, 7) is 1.62. The minimum absolute atomic E-state index is 0.0508. The van der Waals surface area contributed by atoms with Crippen molar-refractivity contribution >= 4 is 5.91 Å². The largest absolute Gasteiger partial charge is 0.337 e. The number of hydrogen-bond donors (Lipinski definition) is 0. The third-order valence-corrected chi connectivity index (χ3v) is 2.92. The molecule has 0 bridgehead atoms. The normalized spacial score (nSPS) is 15.0. The van der Waals surface area contributed by atoms with Gasteiger partial charge in [-0.25, -0.2) is 9.67 Å². The topological polar surface area (TPSA) is 76.8 Å². The van der Waals surface area contributed by atoms with Crippen molar-refractivity contribution in [2.45, 2.75) is 12.8 Å². The molecule has 2 aromatic rings. The van der Waals surface area contributed by atoms with E-state index in [9.17, 15) is 4.79 Å². The molecule has 7 heteroatoms. The number of likely N-dealkylation sites (tertiary alicyclic amines) is 1. The molecule has 0 aromatic carbocycles. The predicted molar refractivity (Wildman–Crippen MR) is 62.1 cm³/mol. The predicted octanol–water partition coefficient (Wildman–Crippen LogP) is 0.293. The number of amides is 1. The third-order valence-electron chi connectivity index (χ3n) is 2.92. The monoisotopic (exact) mass is 244 g/mol. The van der Waals surface area contributed by atoms with E-state index in [0.717, 1.165) is 25.9 Å². The summed E-state index contributed by atoms with van der Waals surface area (Å²) in [6, 6.07) is 3.38. The lowest BCUT2D eigenvalue weighted by Gasteiger charge is -2.13. The van der Waals surface area contributed by atoms with Crippen LogP contribution in [-0.2, 0) is 0 Å². The molecule has 0 atom stereocenters. The molecule has 1 aliphatic rings. The zero-order valence-electron chi connectivity index (χ0n) is 9.73. The molecule has 0 spiro atoms. The van der Waals surface area contributed by atoms with Crippen LogP contribution < -0.4 is 0 Å². The number of carbonyl (C=O) groups is 1. The molecule has 3 rings (SSSR count). The Kier molecular flexibility index (Phi) is 2.71. The standard InChI is InChI=1S/C11H12N6O/c18-11(16-5-1-2-6-16)9-3-4-10(15-14-9)17-8-12-7-13-17/h3-4,7-8H,1-2,5-6H2. The average molecular weight is 244 g/mol. The zero-order chi connectivity index (χ0) is 12.4. The first-order valence-electron chi connectivity index (χ1n) is 5.82. The summed E-state index contributed by atoms with van der Waals surface area (Å²) in [6.07, 6.45) is 5.09. The summed E-state index contributed by atoms with van der Waals surface area (Å²) >= 11 is 0. The summed E-state index contributed by atoms with van der Waals surface area (Å²) in [4.78, 5) is 17.7. The summed E-state index contributed by atoms with van der Waals surface area (Å²) in [7, 11) is 0. The summed E-state index contributed by atoms with van der Waals surface area (Å²) in [5.41, 5.74) is 0.376. The van der Waals surface area contributed by atoms with E-state index in [4.69, 9.17) is 0 Å². The van der Waals surface area contributed by atoms with E-state index >= 15 is 0 Å². The van der Waals surface area contributed by atoms with Crippen LogP contribution in [0.5, 0.6) is 0 Å². The molecule has 0 saturated carbocycles. The van der Waals surface area contributed by atoms with Crippen LogP contribution in [0.15, 0.2) is 24.8 Å². The molecule has 1 aliphatic heterocycles. The van der Waals surface area contributed by atoms with Gasteiger partial charge in [0.05, 0.1) is 0 Å². The van der Waals surface area contributed by atoms with E-state index in [2.05, 4.69) is 20.3 Å². The molecule has 92 valence electrons. The van der Waals surface area contributed by atoms with Gasteiger partial charge in [0, 0.05) is 13.1 Å². The maximum absolute atomic E-state index is 12.0. The molecule has 0 N–H and O–H groups in total. The van der Waals surface area contributed by atoms with E-state index in [0.29, 0.717) is 11.5 Å². The molecule has 1 amide bonds. The van der Waals surface area contributed by atoms with Gasteiger partial charge in [0.15, 0.2) is 11.5 Å². The third kappa shape index (κ3) is 1.94. The van der Waals surface area contributed by atoms with Gasteiger partial charge in [-0.2, -0.15) is 5.10 Å². The van der Waals surface area contributed by atoms with Gasteiger partial charge in [0.25, 0.3) is 5.91 Å². The summed E-state index contributed by atoms with van der Waals surface area (Å²) < 4.78 is 1.50. The van der Waals surface area contributed by atoms with Crippen LogP contribution in [0, 0.1) is 0 Å².